The number of thioether (sulfide) groups is 2. The third kappa shape index (κ3) is 5.15. The van der Waals surface area contributed by atoms with Gasteiger partial charge in [0.2, 0.25) is 5.91 Å². The lowest BCUT2D eigenvalue weighted by atomic mass is 10.2. The zero-order chi connectivity index (χ0) is 23.5. The Labute approximate surface area is 200 Å². The van der Waals surface area contributed by atoms with Gasteiger partial charge in [0.1, 0.15) is 0 Å². The van der Waals surface area contributed by atoms with E-state index in [0.717, 1.165) is 23.4 Å². The number of fused-ring (bicyclic) bond motifs is 1. The molecule has 7 nitrogen and oxygen atoms in total. The standard InChI is InChI=1S/C24H23N3O4S2/c1-14-4-10-18(11-5-14)27-22(29)21-19(12-15(2)33-21)26-24(27)32-13-20(28)25-17-8-6-16(7-9-17)23(30)31-3/h4-11,15H,12-13H2,1-3H3,(H,25,28). The molecular weight excluding hydrogens is 458 g/mol. The van der Waals surface area contributed by atoms with Crippen LogP contribution in [0.1, 0.15) is 28.5 Å². The summed E-state index contributed by atoms with van der Waals surface area (Å²) in [6.45, 7) is 4.07. The van der Waals surface area contributed by atoms with E-state index in [1.807, 2.05) is 31.2 Å². The smallest absolute Gasteiger partial charge is 0.337 e. The SMILES string of the molecule is COC(=O)c1ccc(NC(=O)CSc2nc3c(c(=O)n2-c2ccc(C)cc2)SC(C)C3)cc1. The van der Waals surface area contributed by atoms with Gasteiger partial charge in [0.25, 0.3) is 5.56 Å². The maximum Gasteiger partial charge on any atom is 0.337 e. The zero-order valence-electron chi connectivity index (χ0n) is 18.5. The summed E-state index contributed by atoms with van der Waals surface area (Å²) >= 11 is 2.77. The number of hydrogen-bond acceptors (Lipinski definition) is 7. The number of aryl methyl sites for hydroxylation is 1. The van der Waals surface area contributed by atoms with Crippen LogP contribution in [0.5, 0.6) is 0 Å². The number of methoxy groups -OCH3 is 1. The fourth-order valence-electron chi connectivity index (χ4n) is 3.45. The van der Waals surface area contributed by atoms with Crippen LogP contribution in [0, 0.1) is 6.92 Å². The van der Waals surface area contributed by atoms with Gasteiger partial charge in [0.15, 0.2) is 5.16 Å². The van der Waals surface area contributed by atoms with Gasteiger partial charge in [-0.2, -0.15) is 0 Å². The molecule has 9 heteroatoms. The van der Waals surface area contributed by atoms with Crippen molar-refractivity contribution in [3.63, 3.8) is 0 Å². The van der Waals surface area contributed by atoms with Crippen LogP contribution >= 0.6 is 23.5 Å². The average molecular weight is 482 g/mol. The molecule has 0 saturated heterocycles. The predicted octanol–water partition coefficient (Wildman–Crippen LogP) is 4.10. The molecule has 1 atom stereocenters. The number of aromatic nitrogens is 2. The van der Waals surface area contributed by atoms with Crippen LogP contribution in [0.4, 0.5) is 5.69 Å². The monoisotopic (exact) mass is 481 g/mol. The number of nitrogens with zero attached hydrogens (tertiary/aromatic N) is 2. The van der Waals surface area contributed by atoms with E-state index < -0.39 is 5.97 Å². The molecule has 0 radical (unpaired) electrons. The number of anilines is 1. The molecule has 0 aliphatic carbocycles. The number of carbonyl (C=O) groups excluding carboxylic acids is 2. The normalized spacial score (nSPS) is 14.6. The molecule has 4 rings (SSSR count). The second-order valence-electron chi connectivity index (χ2n) is 7.68. The van der Waals surface area contributed by atoms with Crippen LogP contribution in [0.15, 0.2) is 63.4 Å². The molecule has 2 aromatic carbocycles. The molecule has 1 unspecified atom stereocenters. The molecule has 1 aliphatic heterocycles. The van der Waals surface area contributed by atoms with Crippen molar-refractivity contribution < 1.29 is 14.3 Å². The van der Waals surface area contributed by atoms with Crippen LogP contribution in [0.3, 0.4) is 0 Å². The molecule has 0 bridgehead atoms. The van der Waals surface area contributed by atoms with Gasteiger partial charge in [-0.25, -0.2) is 9.78 Å². The van der Waals surface area contributed by atoms with Gasteiger partial charge in [-0.1, -0.05) is 36.4 Å². The average Bonchev–Trinajstić information content (AvgIpc) is 3.19. The highest BCUT2D eigenvalue weighted by molar-refractivity contribution is 8.00. The Hall–Kier alpha value is -3.04. The molecule has 1 aliphatic rings. The van der Waals surface area contributed by atoms with Crippen molar-refractivity contribution in [2.45, 2.75) is 35.6 Å². The van der Waals surface area contributed by atoms with Gasteiger partial charge in [-0.3, -0.25) is 14.2 Å². The highest BCUT2D eigenvalue weighted by atomic mass is 32.2. The summed E-state index contributed by atoms with van der Waals surface area (Å²) in [5.74, 6) is -0.593. The second-order valence-corrected chi connectivity index (χ2v) is 10.1. The molecule has 1 N–H and O–H groups in total. The summed E-state index contributed by atoms with van der Waals surface area (Å²) in [6, 6.07) is 14.1. The molecule has 33 heavy (non-hydrogen) atoms. The Morgan fingerprint density at radius 2 is 1.88 bits per heavy atom. The number of nitrogens with one attached hydrogen (secondary N) is 1. The highest BCUT2D eigenvalue weighted by Gasteiger charge is 2.27. The van der Waals surface area contributed by atoms with Gasteiger partial charge in [-0.05, 0) is 43.3 Å². The number of rotatable bonds is 6. The minimum atomic E-state index is -0.437. The van der Waals surface area contributed by atoms with Gasteiger partial charge in [-0.15, -0.1) is 11.8 Å². The number of amides is 1. The fraction of sp³-hybridized carbons (Fsp3) is 0.250. The molecule has 0 spiro atoms. The number of esters is 1. The van der Waals surface area contributed by atoms with E-state index in [1.54, 1.807) is 40.6 Å². The number of benzene rings is 2. The van der Waals surface area contributed by atoms with E-state index >= 15 is 0 Å². The Morgan fingerprint density at radius 3 is 2.55 bits per heavy atom. The van der Waals surface area contributed by atoms with E-state index in [4.69, 9.17) is 4.98 Å². The Bertz CT molecular complexity index is 1250. The van der Waals surface area contributed by atoms with E-state index in [9.17, 15) is 14.4 Å². The summed E-state index contributed by atoms with van der Waals surface area (Å²) in [5, 5.41) is 3.59. The first-order chi connectivity index (χ1) is 15.9. The third-order valence-corrected chi connectivity index (χ3v) is 7.25. The summed E-state index contributed by atoms with van der Waals surface area (Å²) < 4.78 is 6.27. The Kier molecular flexibility index (Phi) is 6.90. The van der Waals surface area contributed by atoms with Crippen molar-refractivity contribution in [3.05, 3.63) is 75.7 Å². The van der Waals surface area contributed by atoms with Crippen molar-refractivity contribution in [1.82, 2.24) is 9.55 Å². The van der Waals surface area contributed by atoms with Gasteiger partial charge < -0.3 is 10.1 Å². The maximum absolute atomic E-state index is 13.3. The van der Waals surface area contributed by atoms with Crippen molar-refractivity contribution in [1.29, 1.82) is 0 Å². The molecule has 0 fully saturated rings. The van der Waals surface area contributed by atoms with Crippen molar-refractivity contribution in [2.24, 2.45) is 0 Å². The molecular formula is C24H23N3O4S2. The second kappa shape index (κ2) is 9.84. The highest BCUT2D eigenvalue weighted by Crippen LogP contribution is 2.34. The van der Waals surface area contributed by atoms with E-state index in [-0.39, 0.29) is 17.2 Å². The minimum absolute atomic E-state index is 0.0819. The van der Waals surface area contributed by atoms with Crippen LogP contribution in [-0.4, -0.2) is 39.5 Å². The zero-order valence-corrected chi connectivity index (χ0v) is 20.1. The van der Waals surface area contributed by atoms with Crippen LogP contribution in [0.2, 0.25) is 0 Å². The largest absolute Gasteiger partial charge is 0.465 e. The van der Waals surface area contributed by atoms with Crippen LogP contribution < -0.4 is 10.9 Å². The summed E-state index contributed by atoms with van der Waals surface area (Å²) in [5.41, 5.74) is 3.48. The first kappa shape index (κ1) is 23.1. The molecule has 2 heterocycles. The first-order valence-corrected chi connectivity index (χ1v) is 12.2. The van der Waals surface area contributed by atoms with Gasteiger partial charge in [0.05, 0.1) is 34.7 Å². The summed E-state index contributed by atoms with van der Waals surface area (Å²) in [6.07, 6.45) is 0.732. The number of ether oxygens (including phenoxy) is 1. The first-order valence-electron chi connectivity index (χ1n) is 10.4. The lowest BCUT2D eigenvalue weighted by Gasteiger charge is -2.14. The van der Waals surface area contributed by atoms with Gasteiger partial charge in [0, 0.05) is 17.4 Å². The number of carbonyl (C=O) groups is 2. The number of hydrogen-bond donors (Lipinski definition) is 1. The van der Waals surface area contributed by atoms with Crippen molar-refractivity contribution in [2.75, 3.05) is 18.2 Å². The van der Waals surface area contributed by atoms with E-state index in [1.165, 1.54) is 18.9 Å². The van der Waals surface area contributed by atoms with E-state index in [0.29, 0.717) is 26.6 Å². The molecule has 3 aromatic rings. The molecule has 170 valence electrons. The summed E-state index contributed by atoms with van der Waals surface area (Å²) in [7, 11) is 1.32. The molecule has 1 amide bonds. The minimum Gasteiger partial charge on any atom is -0.465 e. The molecule has 1 aromatic heterocycles. The maximum atomic E-state index is 13.3. The fourth-order valence-corrected chi connectivity index (χ4v) is 5.38. The van der Waals surface area contributed by atoms with Crippen molar-refractivity contribution in [3.8, 4) is 5.69 Å². The molecule has 0 saturated carbocycles. The lowest BCUT2D eigenvalue weighted by molar-refractivity contribution is -0.113. The van der Waals surface area contributed by atoms with E-state index in [2.05, 4.69) is 17.0 Å². The third-order valence-electron chi connectivity index (χ3n) is 5.10. The quantitative estimate of drug-likeness (QED) is 0.322. The Morgan fingerprint density at radius 1 is 1.18 bits per heavy atom. The van der Waals surface area contributed by atoms with Crippen LogP contribution in [-0.2, 0) is 16.0 Å². The Balaban J connectivity index is 1.55. The summed E-state index contributed by atoms with van der Waals surface area (Å²) in [4.78, 5) is 42.9. The van der Waals surface area contributed by atoms with Crippen LogP contribution in [0.25, 0.3) is 5.69 Å². The lowest BCUT2D eigenvalue weighted by Crippen LogP contribution is -2.24. The predicted molar refractivity (Wildman–Crippen MR) is 131 cm³/mol. The topological polar surface area (TPSA) is 90.3 Å². The van der Waals surface area contributed by atoms with Crippen molar-refractivity contribution >= 4 is 41.1 Å². The van der Waals surface area contributed by atoms with Gasteiger partial charge >= 0.3 is 5.97 Å².